The number of guanidine groups is 1. The first-order valence-electron chi connectivity index (χ1n) is 2.97. The van der Waals surface area contributed by atoms with Crippen LogP contribution in [0.25, 0.3) is 0 Å². The predicted molar refractivity (Wildman–Crippen MR) is 48.1 cm³/mol. The van der Waals surface area contributed by atoms with E-state index in [0.717, 1.165) is 24.6 Å². The van der Waals surface area contributed by atoms with E-state index in [1.807, 2.05) is 16.7 Å². The van der Waals surface area contributed by atoms with Gasteiger partial charge in [-0.25, -0.2) is 0 Å². The molecule has 0 saturated carbocycles. The van der Waals surface area contributed by atoms with Gasteiger partial charge in [0.1, 0.15) is 0 Å². The molecule has 1 saturated heterocycles. The van der Waals surface area contributed by atoms with Crippen LogP contribution in [0.2, 0.25) is 0 Å². The van der Waals surface area contributed by atoms with E-state index in [1.165, 1.54) is 0 Å². The van der Waals surface area contributed by atoms with Gasteiger partial charge in [0.05, 0.1) is 0 Å². The summed E-state index contributed by atoms with van der Waals surface area (Å²) >= 11 is 1.92. The molecule has 0 aromatic rings. The van der Waals surface area contributed by atoms with Crippen molar-refractivity contribution < 1.29 is 0 Å². The van der Waals surface area contributed by atoms with Crippen LogP contribution in [0.1, 0.15) is 0 Å². The molecule has 0 aromatic heterocycles. The van der Waals surface area contributed by atoms with Crippen LogP contribution in [0, 0.1) is 5.41 Å². The predicted octanol–water partition coefficient (Wildman–Crippen LogP) is 0.350. The smallest absolute Gasteiger partial charge is 0.188 e. The molecule has 0 bridgehead atoms. The zero-order chi connectivity index (χ0) is 6.69. The van der Waals surface area contributed by atoms with Gasteiger partial charge in [-0.05, 0) is 0 Å². The lowest BCUT2D eigenvalue weighted by Crippen LogP contribution is -2.41. The topological polar surface area (TPSA) is 53.1 Å². The molecule has 1 aliphatic rings. The molecule has 3 N–H and O–H groups in total. The lowest BCUT2D eigenvalue weighted by Gasteiger charge is -2.25. The normalized spacial score (nSPS) is 17.8. The number of nitrogens with one attached hydrogen (secondary N) is 1. The summed E-state index contributed by atoms with van der Waals surface area (Å²) in [6, 6.07) is 0. The summed E-state index contributed by atoms with van der Waals surface area (Å²) < 4.78 is 0. The first-order valence-corrected chi connectivity index (χ1v) is 4.13. The van der Waals surface area contributed by atoms with Gasteiger partial charge in [0.25, 0.3) is 0 Å². The fourth-order valence-electron chi connectivity index (χ4n) is 0.804. The Morgan fingerprint density at radius 1 is 1.40 bits per heavy atom. The summed E-state index contributed by atoms with van der Waals surface area (Å²) in [5.41, 5.74) is 5.27. The lowest BCUT2D eigenvalue weighted by molar-refractivity contribution is 0.455. The molecule has 0 aromatic carbocycles. The third kappa shape index (κ3) is 2.66. The molecule has 1 rings (SSSR count). The van der Waals surface area contributed by atoms with E-state index < -0.39 is 0 Å². The van der Waals surface area contributed by atoms with Crippen LogP contribution < -0.4 is 5.73 Å². The van der Waals surface area contributed by atoms with Crippen LogP contribution in [-0.2, 0) is 0 Å². The van der Waals surface area contributed by atoms with Gasteiger partial charge in [0, 0.05) is 24.6 Å². The average molecular weight is 182 g/mol. The molecule has 60 valence electrons. The van der Waals surface area contributed by atoms with E-state index in [-0.39, 0.29) is 18.4 Å². The summed E-state index contributed by atoms with van der Waals surface area (Å²) in [4.78, 5) is 1.90. The third-order valence-electron chi connectivity index (χ3n) is 1.35. The van der Waals surface area contributed by atoms with Crippen molar-refractivity contribution in [3.8, 4) is 0 Å². The molecule has 5 heteroatoms. The molecule has 10 heavy (non-hydrogen) atoms. The van der Waals surface area contributed by atoms with Crippen LogP contribution in [0.3, 0.4) is 0 Å². The highest BCUT2D eigenvalue weighted by molar-refractivity contribution is 7.99. The van der Waals surface area contributed by atoms with Gasteiger partial charge in [-0.1, -0.05) is 0 Å². The Balaban J connectivity index is 0.000000810. The maximum absolute atomic E-state index is 7.08. The highest BCUT2D eigenvalue weighted by Gasteiger charge is 2.09. The maximum atomic E-state index is 7.08. The fraction of sp³-hybridized carbons (Fsp3) is 0.800. The standard InChI is InChI=1S/C5H11N3S.ClH/c6-5(7)8-1-3-9-4-2-8;/h1-4H2,(H3,6,7);1H. The summed E-state index contributed by atoms with van der Waals surface area (Å²) in [5.74, 6) is 2.44. The Morgan fingerprint density at radius 2 is 1.90 bits per heavy atom. The number of nitrogens with zero attached hydrogens (tertiary/aromatic N) is 1. The number of thioether (sulfide) groups is 1. The van der Waals surface area contributed by atoms with Crippen LogP contribution in [0.5, 0.6) is 0 Å². The van der Waals surface area contributed by atoms with Crippen molar-refractivity contribution >= 4 is 30.1 Å². The molecule has 0 atom stereocenters. The molecule has 1 fully saturated rings. The molecule has 1 aliphatic heterocycles. The van der Waals surface area contributed by atoms with Crippen molar-refractivity contribution in [1.82, 2.24) is 4.90 Å². The lowest BCUT2D eigenvalue weighted by atomic mass is 10.5. The summed E-state index contributed by atoms with van der Waals surface area (Å²) in [6.07, 6.45) is 0. The van der Waals surface area contributed by atoms with Crippen LogP contribution in [0.15, 0.2) is 0 Å². The van der Waals surface area contributed by atoms with Gasteiger partial charge < -0.3 is 10.6 Å². The molecule has 0 aliphatic carbocycles. The minimum Gasteiger partial charge on any atom is -0.370 e. The zero-order valence-electron chi connectivity index (χ0n) is 5.67. The van der Waals surface area contributed by atoms with Gasteiger partial charge in [-0.2, -0.15) is 11.8 Å². The van der Waals surface area contributed by atoms with E-state index >= 15 is 0 Å². The monoisotopic (exact) mass is 181 g/mol. The van der Waals surface area contributed by atoms with Gasteiger partial charge in [0.2, 0.25) is 0 Å². The molecule has 3 nitrogen and oxygen atoms in total. The average Bonchev–Trinajstić information content (AvgIpc) is 1.90. The van der Waals surface area contributed by atoms with Gasteiger partial charge in [-0.3, -0.25) is 5.41 Å². The van der Waals surface area contributed by atoms with Crippen LogP contribution >= 0.6 is 24.2 Å². The second-order valence-electron chi connectivity index (χ2n) is 1.98. The molecule has 0 radical (unpaired) electrons. The molecule has 0 unspecified atom stereocenters. The molecule has 0 spiro atoms. The highest BCUT2D eigenvalue weighted by Crippen LogP contribution is 2.07. The number of hydrogen-bond acceptors (Lipinski definition) is 2. The van der Waals surface area contributed by atoms with Crippen molar-refractivity contribution in [3.05, 3.63) is 0 Å². The van der Waals surface area contributed by atoms with Gasteiger partial charge in [0.15, 0.2) is 5.96 Å². The van der Waals surface area contributed by atoms with E-state index in [4.69, 9.17) is 11.1 Å². The van der Waals surface area contributed by atoms with Crippen LogP contribution in [-0.4, -0.2) is 35.5 Å². The maximum Gasteiger partial charge on any atom is 0.188 e. The van der Waals surface area contributed by atoms with Crippen molar-refractivity contribution in [2.75, 3.05) is 24.6 Å². The van der Waals surface area contributed by atoms with E-state index in [2.05, 4.69) is 0 Å². The van der Waals surface area contributed by atoms with E-state index in [9.17, 15) is 0 Å². The largest absolute Gasteiger partial charge is 0.370 e. The zero-order valence-corrected chi connectivity index (χ0v) is 7.30. The summed E-state index contributed by atoms with van der Waals surface area (Å²) in [5, 5.41) is 7.08. The minimum atomic E-state index is 0. The van der Waals surface area contributed by atoms with Crippen molar-refractivity contribution in [2.45, 2.75) is 0 Å². The van der Waals surface area contributed by atoms with Crippen molar-refractivity contribution in [2.24, 2.45) is 5.73 Å². The Kier molecular flexibility index (Phi) is 4.64. The Bertz CT molecular complexity index is 113. The summed E-state index contributed by atoms with van der Waals surface area (Å²) in [6.45, 7) is 1.89. The van der Waals surface area contributed by atoms with E-state index in [0.29, 0.717) is 0 Å². The number of nitrogens with two attached hydrogens (primary N) is 1. The van der Waals surface area contributed by atoms with E-state index in [1.54, 1.807) is 0 Å². The number of rotatable bonds is 0. The van der Waals surface area contributed by atoms with Gasteiger partial charge in [-0.15, -0.1) is 12.4 Å². The molecule has 1 heterocycles. The SMILES string of the molecule is Cl.N=C(N)N1CCSCC1. The Morgan fingerprint density at radius 3 is 2.20 bits per heavy atom. The Hall–Kier alpha value is -0.0900. The van der Waals surface area contributed by atoms with Crippen molar-refractivity contribution in [3.63, 3.8) is 0 Å². The number of halogens is 1. The molecular weight excluding hydrogens is 170 g/mol. The van der Waals surface area contributed by atoms with Crippen molar-refractivity contribution in [1.29, 1.82) is 5.41 Å². The molecular formula is C5H12ClN3S. The first-order chi connectivity index (χ1) is 4.30. The minimum absolute atomic E-state index is 0. The molecule has 0 amide bonds. The summed E-state index contributed by atoms with van der Waals surface area (Å²) in [7, 11) is 0. The second-order valence-corrected chi connectivity index (χ2v) is 3.21. The second kappa shape index (κ2) is 4.68. The first kappa shape index (κ1) is 9.91. The third-order valence-corrected chi connectivity index (χ3v) is 2.29. The Labute approximate surface area is 71.3 Å². The number of hydrogen-bond donors (Lipinski definition) is 2. The quantitative estimate of drug-likeness (QED) is 0.419. The fourth-order valence-corrected chi connectivity index (χ4v) is 1.71. The van der Waals surface area contributed by atoms with Crippen LogP contribution in [0.4, 0.5) is 0 Å². The van der Waals surface area contributed by atoms with Gasteiger partial charge >= 0.3 is 0 Å². The highest BCUT2D eigenvalue weighted by atomic mass is 35.5.